The number of hydrogen-bond acceptors (Lipinski definition) is 3. The highest BCUT2D eigenvalue weighted by Crippen LogP contribution is 2.10. The summed E-state index contributed by atoms with van der Waals surface area (Å²) in [6, 6.07) is 7.48. The molecular weight excluding hydrogens is 200 g/mol. The summed E-state index contributed by atoms with van der Waals surface area (Å²) >= 11 is 5.13. The molecule has 0 aliphatic carbocycles. The molecule has 12 heavy (non-hydrogen) atoms. The van der Waals surface area contributed by atoms with Crippen LogP contribution in [0.1, 0.15) is 0 Å². The van der Waals surface area contributed by atoms with E-state index in [9.17, 15) is 8.42 Å². The molecule has 0 aromatic heterocycles. The molecule has 0 heterocycles. The summed E-state index contributed by atoms with van der Waals surface area (Å²) in [4.78, 5) is 0.116. The monoisotopic (exact) mass is 206 g/mol. The Bertz CT molecular complexity index is 333. The lowest BCUT2D eigenvalue weighted by Crippen LogP contribution is -2.04. The maximum atomic E-state index is 11.1. The van der Waals surface area contributed by atoms with Gasteiger partial charge in [-0.25, -0.2) is 0 Å². The van der Waals surface area contributed by atoms with Gasteiger partial charge in [0.1, 0.15) is 6.07 Å². The maximum absolute atomic E-state index is 11.1. The number of alkyl halides is 1. The van der Waals surface area contributed by atoms with E-state index in [2.05, 4.69) is 4.18 Å². The minimum absolute atomic E-state index is 0.116. The van der Waals surface area contributed by atoms with Gasteiger partial charge < -0.3 is 0 Å². The van der Waals surface area contributed by atoms with Crippen LogP contribution in [0.5, 0.6) is 0 Å². The molecule has 0 fully saturated rings. The van der Waals surface area contributed by atoms with Crippen LogP contribution in [-0.4, -0.2) is 14.5 Å². The third kappa shape index (κ3) is 2.20. The summed E-state index contributed by atoms with van der Waals surface area (Å²) in [5.41, 5.74) is 0. The van der Waals surface area contributed by atoms with Crippen molar-refractivity contribution in [3.05, 3.63) is 30.3 Å². The fourth-order valence-corrected chi connectivity index (χ4v) is 1.81. The summed E-state index contributed by atoms with van der Waals surface area (Å²) in [5, 5.41) is 0. The Kier molecular flexibility index (Phi) is 3.08. The van der Waals surface area contributed by atoms with Gasteiger partial charge in [0.2, 0.25) is 0 Å². The number of benzene rings is 1. The van der Waals surface area contributed by atoms with Gasteiger partial charge in [-0.3, -0.25) is 4.18 Å². The van der Waals surface area contributed by atoms with Gasteiger partial charge in [-0.1, -0.05) is 29.8 Å². The van der Waals surface area contributed by atoms with Gasteiger partial charge in [-0.2, -0.15) is 8.42 Å². The molecule has 0 saturated carbocycles. The largest absolute Gasteiger partial charge is 0.298 e. The van der Waals surface area contributed by atoms with Gasteiger partial charge in [0.05, 0.1) is 4.90 Å². The van der Waals surface area contributed by atoms with E-state index >= 15 is 0 Å². The van der Waals surface area contributed by atoms with Crippen LogP contribution in [0, 0.1) is 0 Å². The molecule has 0 unspecified atom stereocenters. The Labute approximate surface area is 76.0 Å². The Morgan fingerprint density at radius 2 is 1.83 bits per heavy atom. The zero-order chi connectivity index (χ0) is 9.03. The predicted octanol–water partition coefficient (Wildman–Crippen LogP) is 1.59. The van der Waals surface area contributed by atoms with E-state index < -0.39 is 10.1 Å². The van der Waals surface area contributed by atoms with Crippen molar-refractivity contribution in [2.75, 3.05) is 6.07 Å². The van der Waals surface area contributed by atoms with Crippen LogP contribution in [0.4, 0.5) is 0 Å². The Hall–Kier alpha value is -0.580. The SMILES string of the molecule is O=S(=O)(OCCl)c1ccccc1. The summed E-state index contributed by atoms with van der Waals surface area (Å²) < 4.78 is 26.6. The van der Waals surface area contributed by atoms with Crippen LogP contribution in [0.15, 0.2) is 35.2 Å². The molecule has 5 heteroatoms. The molecule has 0 aliphatic heterocycles. The van der Waals surface area contributed by atoms with Gasteiger partial charge >= 0.3 is 0 Å². The molecule has 0 aliphatic rings. The van der Waals surface area contributed by atoms with Crippen LogP contribution < -0.4 is 0 Å². The van der Waals surface area contributed by atoms with Crippen molar-refractivity contribution in [2.24, 2.45) is 0 Å². The molecule has 1 aromatic rings. The second-order valence-corrected chi connectivity index (χ2v) is 3.83. The maximum Gasteiger partial charge on any atom is 0.298 e. The van der Waals surface area contributed by atoms with Crippen molar-refractivity contribution < 1.29 is 12.6 Å². The molecule has 1 rings (SSSR count). The van der Waals surface area contributed by atoms with Crippen molar-refractivity contribution in [2.45, 2.75) is 4.90 Å². The summed E-state index contributed by atoms with van der Waals surface area (Å²) in [5.74, 6) is 0. The van der Waals surface area contributed by atoms with Gasteiger partial charge in [-0.05, 0) is 12.1 Å². The molecule has 0 N–H and O–H groups in total. The number of halogens is 1. The fourth-order valence-electron chi connectivity index (χ4n) is 0.714. The van der Waals surface area contributed by atoms with E-state index in [1.54, 1.807) is 18.2 Å². The molecule has 0 bridgehead atoms. The average molecular weight is 207 g/mol. The van der Waals surface area contributed by atoms with Gasteiger partial charge in [0.25, 0.3) is 10.1 Å². The Balaban J connectivity index is 2.99. The smallest absolute Gasteiger partial charge is 0.250 e. The number of hydrogen-bond donors (Lipinski definition) is 0. The molecule has 0 saturated heterocycles. The molecule has 0 amide bonds. The second-order valence-electron chi connectivity index (χ2n) is 1.99. The lowest BCUT2D eigenvalue weighted by molar-refractivity contribution is 0.377. The van der Waals surface area contributed by atoms with E-state index in [0.717, 1.165) is 0 Å². The summed E-state index contributed by atoms with van der Waals surface area (Å²) in [7, 11) is -3.64. The Morgan fingerprint density at radius 3 is 2.33 bits per heavy atom. The summed E-state index contributed by atoms with van der Waals surface area (Å²) in [6.07, 6.45) is 0. The van der Waals surface area contributed by atoms with Crippen molar-refractivity contribution in [1.82, 2.24) is 0 Å². The third-order valence-corrected chi connectivity index (χ3v) is 2.75. The molecule has 66 valence electrons. The highest BCUT2D eigenvalue weighted by molar-refractivity contribution is 7.86. The normalized spacial score (nSPS) is 11.4. The zero-order valence-electron chi connectivity index (χ0n) is 6.10. The summed E-state index contributed by atoms with van der Waals surface area (Å²) in [6.45, 7) is 0. The molecule has 0 atom stereocenters. The first-order valence-corrected chi connectivity index (χ1v) is 5.11. The molecule has 1 aromatic carbocycles. The van der Waals surface area contributed by atoms with Crippen LogP contribution in [-0.2, 0) is 14.3 Å². The van der Waals surface area contributed by atoms with E-state index in [4.69, 9.17) is 11.6 Å². The van der Waals surface area contributed by atoms with Crippen LogP contribution in [0.2, 0.25) is 0 Å². The van der Waals surface area contributed by atoms with E-state index in [1.165, 1.54) is 12.1 Å². The van der Waals surface area contributed by atoms with E-state index in [1.807, 2.05) is 0 Å². The van der Waals surface area contributed by atoms with Crippen molar-refractivity contribution >= 4 is 21.7 Å². The van der Waals surface area contributed by atoms with Crippen molar-refractivity contribution in [3.8, 4) is 0 Å². The molecule has 0 spiro atoms. The minimum Gasteiger partial charge on any atom is -0.250 e. The fraction of sp³-hybridized carbons (Fsp3) is 0.143. The first kappa shape index (κ1) is 9.51. The van der Waals surface area contributed by atoms with Gasteiger partial charge in [0, 0.05) is 0 Å². The predicted molar refractivity (Wildman–Crippen MR) is 45.4 cm³/mol. The van der Waals surface area contributed by atoms with Crippen LogP contribution >= 0.6 is 11.6 Å². The van der Waals surface area contributed by atoms with Crippen LogP contribution in [0.3, 0.4) is 0 Å². The quantitative estimate of drug-likeness (QED) is 0.557. The molecule has 0 radical (unpaired) electrons. The lowest BCUT2D eigenvalue weighted by atomic mass is 10.4. The standard InChI is InChI=1S/C7H7ClO3S/c8-6-11-12(9,10)7-4-2-1-3-5-7/h1-5H,6H2. The highest BCUT2D eigenvalue weighted by Gasteiger charge is 2.12. The minimum atomic E-state index is -3.64. The number of rotatable bonds is 3. The molecular formula is C7H7ClO3S. The average Bonchev–Trinajstić information content (AvgIpc) is 2.06. The Morgan fingerprint density at radius 1 is 1.25 bits per heavy atom. The highest BCUT2D eigenvalue weighted by atomic mass is 35.5. The zero-order valence-corrected chi connectivity index (χ0v) is 7.68. The topological polar surface area (TPSA) is 43.4 Å². The van der Waals surface area contributed by atoms with Crippen LogP contribution in [0.25, 0.3) is 0 Å². The van der Waals surface area contributed by atoms with E-state index in [-0.39, 0.29) is 11.0 Å². The van der Waals surface area contributed by atoms with E-state index in [0.29, 0.717) is 0 Å². The lowest BCUT2D eigenvalue weighted by Gasteiger charge is -2.00. The molecule has 3 nitrogen and oxygen atoms in total. The first-order valence-electron chi connectivity index (χ1n) is 3.17. The second kappa shape index (κ2) is 3.89. The van der Waals surface area contributed by atoms with Crippen molar-refractivity contribution in [1.29, 1.82) is 0 Å². The third-order valence-electron chi connectivity index (χ3n) is 1.23. The van der Waals surface area contributed by atoms with Crippen molar-refractivity contribution in [3.63, 3.8) is 0 Å². The first-order chi connectivity index (χ1) is 5.67. The van der Waals surface area contributed by atoms with Gasteiger partial charge in [-0.15, -0.1) is 0 Å². The van der Waals surface area contributed by atoms with Gasteiger partial charge in [0.15, 0.2) is 0 Å².